The first kappa shape index (κ1) is 16.6. The number of fused-ring (bicyclic) bond motifs is 1. The smallest absolute Gasteiger partial charge is 0.278 e. The Morgan fingerprint density at radius 3 is 2.41 bits per heavy atom. The van der Waals surface area contributed by atoms with Gasteiger partial charge in [-0.2, -0.15) is 5.10 Å². The summed E-state index contributed by atoms with van der Waals surface area (Å²) < 4.78 is 1.25. The van der Waals surface area contributed by atoms with Crippen molar-refractivity contribution in [3.8, 4) is 0 Å². The molecule has 130 valence electrons. The van der Waals surface area contributed by atoms with Crippen molar-refractivity contribution in [3.63, 3.8) is 0 Å². The van der Waals surface area contributed by atoms with Gasteiger partial charge in [-0.25, -0.2) is 9.67 Å². The Kier molecular flexibility index (Phi) is 4.41. The number of benzene rings is 2. The summed E-state index contributed by atoms with van der Waals surface area (Å²) in [4.78, 5) is 29.1. The van der Waals surface area contributed by atoms with Gasteiger partial charge in [0.25, 0.3) is 5.91 Å². The molecule has 27 heavy (non-hydrogen) atoms. The lowest BCUT2D eigenvalue weighted by Gasteiger charge is -2.02. The maximum atomic E-state index is 12.4. The minimum atomic E-state index is -0.241. The van der Waals surface area contributed by atoms with Gasteiger partial charge in [0.1, 0.15) is 0 Å². The number of para-hydroxylation sites is 1. The van der Waals surface area contributed by atoms with Crippen LogP contribution in [0.15, 0.2) is 85.2 Å². The van der Waals surface area contributed by atoms with Gasteiger partial charge < -0.3 is 0 Å². The largest absolute Gasteiger partial charge is 0.289 e. The second-order valence-electron chi connectivity index (χ2n) is 5.96. The molecule has 2 aromatic carbocycles. The molecule has 0 aliphatic heterocycles. The van der Waals surface area contributed by atoms with Crippen LogP contribution in [-0.4, -0.2) is 26.5 Å². The number of hydrogen-bond donors (Lipinski definition) is 0. The third-order valence-electron chi connectivity index (χ3n) is 4.15. The summed E-state index contributed by atoms with van der Waals surface area (Å²) in [6.07, 6.45) is 6.31. The Labute approximate surface area is 155 Å². The Balaban J connectivity index is 1.50. The Morgan fingerprint density at radius 2 is 1.63 bits per heavy atom. The number of ketones is 1. The van der Waals surface area contributed by atoms with Crippen molar-refractivity contribution in [1.82, 2.24) is 14.8 Å². The van der Waals surface area contributed by atoms with Crippen LogP contribution < -0.4 is 0 Å². The van der Waals surface area contributed by atoms with Gasteiger partial charge in [-0.05, 0) is 42.5 Å². The fraction of sp³-hybridized carbons (Fsp3) is 0. The van der Waals surface area contributed by atoms with Crippen LogP contribution in [-0.2, 0) is 0 Å². The number of hydrogen-bond acceptors (Lipinski definition) is 4. The summed E-state index contributed by atoms with van der Waals surface area (Å²) >= 11 is 0. The van der Waals surface area contributed by atoms with E-state index in [1.165, 1.54) is 10.8 Å². The number of carbonyl (C=O) groups excluding carboxylic acids is 2. The summed E-state index contributed by atoms with van der Waals surface area (Å²) in [6, 6.07) is 19.9. The van der Waals surface area contributed by atoms with E-state index in [1.54, 1.807) is 48.8 Å². The van der Waals surface area contributed by atoms with Crippen LogP contribution in [0.25, 0.3) is 17.0 Å². The molecule has 5 nitrogen and oxygen atoms in total. The van der Waals surface area contributed by atoms with Crippen molar-refractivity contribution in [2.75, 3.05) is 0 Å². The topological polar surface area (TPSA) is 64.8 Å². The predicted molar refractivity (Wildman–Crippen MR) is 104 cm³/mol. The quantitative estimate of drug-likeness (QED) is 0.411. The molecule has 0 saturated carbocycles. The Hall–Kier alpha value is -3.86. The Morgan fingerprint density at radius 1 is 0.852 bits per heavy atom. The van der Waals surface area contributed by atoms with Crippen LogP contribution in [0.3, 0.4) is 0 Å². The molecule has 0 aliphatic rings. The predicted octanol–water partition coefficient (Wildman–Crippen LogP) is 4.02. The van der Waals surface area contributed by atoms with Gasteiger partial charge in [-0.15, -0.1) is 0 Å². The SMILES string of the molecule is O=C(/C=C/c1ccc2ccccc2n1)c1ccc(C(=O)n2cccn2)cc1. The van der Waals surface area contributed by atoms with Gasteiger partial charge in [-0.3, -0.25) is 9.59 Å². The fourth-order valence-corrected chi connectivity index (χ4v) is 2.73. The molecule has 2 aromatic heterocycles. The molecule has 0 spiro atoms. The van der Waals surface area contributed by atoms with E-state index in [-0.39, 0.29) is 11.7 Å². The van der Waals surface area contributed by atoms with Crippen LogP contribution >= 0.6 is 0 Å². The number of rotatable bonds is 4. The summed E-state index contributed by atoms with van der Waals surface area (Å²) in [5.74, 6) is -0.391. The van der Waals surface area contributed by atoms with Crippen LogP contribution in [0, 0.1) is 0 Å². The highest BCUT2D eigenvalue weighted by Crippen LogP contribution is 2.13. The van der Waals surface area contributed by atoms with Gasteiger partial charge in [-0.1, -0.05) is 36.4 Å². The summed E-state index contributed by atoms with van der Waals surface area (Å²) in [7, 11) is 0. The molecule has 4 rings (SSSR count). The van der Waals surface area contributed by atoms with Crippen molar-refractivity contribution in [2.24, 2.45) is 0 Å². The highest BCUT2D eigenvalue weighted by Gasteiger charge is 2.09. The minimum Gasteiger partial charge on any atom is -0.289 e. The molecule has 0 fully saturated rings. The fourth-order valence-electron chi connectivity index (χ4n) is 2.73. The van der Waals surface area contributed by atoms with Crippen molar-refractivity contribution >= 4 is 28.7 Å². The van der Waals surface area contributed by atoms with E-state index in [2.05, 4.69) is 10.1 Å². The molecule has 0 saturated heterocycles. The second kappa shape index (κ2) is 7.17. The van der Waals surface area contributed by atoms with E-state index in [0.717, 1.165) is 10.9 Å². The van der Waals surface area contributed by atoms with Gasteiger partial charge in [0.2, 0.25) is 0 Å². The highest BCUT2D eigenvalue weighted by molar-refractivity contribution is 6.07. The first-order valence-corrected chi connectivity index (χ1v) is 8.43. The van der Waals surface area contributed by atoms with E-state index in [0.29, 0.717) is 16.8 Å². The zero-order valence-electron chi connectivity index (χ0n) is 14.3. The lowest BCUT2D eigenvalue weighted by Crippen LogP contribution is -2.12. The second-order valence-corrected chi connectivity index (χ2v) is 5.96. The average Bonchev–Trinajstić information content (AvgIpc) is 3.26. The van der Waals surface area contributed by atoms with E-state index in [1.807, 2.05) is 36.4 Å². The molecular weight excluding hydrogens is 338 g/mol. The lowest BCUT2D eigenvalue weighted by atomic mass is 10.1. The maximum Gasteiger partial charge on any atom is 0.278 e. The van der Waals surface area contributed by atoms with Gasteiger partial charge in [0.15, 0.2) is 5.78 Å². The van der Waals surface area contributed by atoms with Crippen LogP contribution in [0.1, 0.15) is 26.4 Å². The molecule has 2 heterocycles. The molecule has 0 bridgehead atoms. The minimum absolute atomic E-state index is 0.150. The highest BCUT2D eigenvalue weighted by atomic mass is 16.2. The van der Waals surface area contributed by atoms with Gasteiger partial charge in [0, 0.05) is 28.9 Å². The lowest BCUT2D eigenvalue weighted by molar-refractivity contribution is 0.0944. The first-order chi connectivity index (χ1) is 13.2. The molecule has 0 unspecified atom stereocenters. The third-order valence-corrected chi connectivity index (χ3v) is 4.15. The molecule has 0 aliphatic carbocycles. The van der Waals surface area contributed by atoms with E-state index >= 15 is 0 Å². The number of pyridine rings is 1. The summed E-state index contributed by atoms with van der Waals surface area (Å²) in [5.41, 5.74) is 2.57. The zero-order valence-corrected chi connectivity index (χ0v) is 14.3. The molecule has 0 atom stereocenters. The number of aromatic nitrogens is 3. The number of nitrogens with zero attached hydrogens (tertiary/aromatic N) is 3. The number of carbonyl (C=O) groups is 2. The van der Waals surface area contributed by atoms with E-state index in [9.17, 15) is 9.59 Å². The molecule has 4 aromatic rings. The summed E-state index contributed by atoms with van der Waals surface area (Å²) in [5, 5.41) is 4.97. The van der Waals surface area contributed by atoms with Crippen LogP contribution in [0.5, 0.6) is 0 Å². The first-order valence-electron chi connectivity index (χ1n) is 8.43. The monoisotopic (exact) mass is 353 g/mol. The maximum absolute atomic E-state index is 12.4. The van der Waals surface area contributed by atoms with Crippen molar-refractivity contribution in [1.29, 1.82) is 0 Å². The van der Waals surface area contributed by atoms with Gasteiger partial charge in [0.05, 0.1) is 11.2 Å². The van der Waals surface area contributed by atoms with Crippen molar-refractivity contribution in [3.05, 3.63) is 102 Å². The average molecular weight is 353 g/mol. The molecule has 0 N–H and O–H groups in total. The van der Waals surface area contributed by atoms with Crippen LogP contribution in [0.4, 0.5) is 0 Å². The van der Waals surface area contributed by atoms with Crippen molar-refractivity contribution in [2.45, 2.75) is 0 Å². The molecule has 0 radical (unpaired) electrons. The summed E-state index contributed by atoms with van der Waals surface area (Å²) in [6.45, 7) is 0. The molecule has 5 heteroatoms. The third kappa shape index (κ3) is 3.57. The van der Waals surface area contributed by atoms with E-state index < -0.39 is 0 Å². The zero-order chi connectivity index (χ0) is 18.6. The molecule has 0 amide bonds. The van der Waals surface area contributed by atoms with Crippen LogP contribution in [0.2, 0.25) is 0 Å². The number of allylic oxidation sites excluding steroid dienone is 1. The van der Waals surface area contributed by atoms with E-state index in [4.69, 9.17) is 0 Å². The van der Waals surface area contributed by atoms with Crippen molar-refractivity contribution < 1.29 is 9.59 Å². The Bertz CT molecular complexity index is 1140. The standard InChI is InChI=1S/C22H15N3O2/c26-21(13-12-19-11-10-16-4-1-2-5-20(16)24-19)17-6-8-18(9-7-17)22(27)25-15-3-14-23-25/h1-15H/b13-12+. The van der Waals surface area contributed by atoms with Gasteiger partial charge >= 0.3 is 0 Å². The normalized spacial score (nSPS) is 11.1. The molecular formula is C22H15N3O2.